The first kappa shape index (κ1) is 9.63. The van der Waals surface area contributed by atoms with E-state index in [0.717, 1.165) is 16.7 Å². The first-order valence-corrected chi connectivity index (χ1v) is 5.09. The quantitative estimate of drug-likeness (QED) is 0.586. The third-order valence-electron chi connectivity index (χ3n) is 2.79. The minimum atomic E-state index is -2.41. The van der Waals surface area contributed by atoms with Crippen LogP contribution in [0.25, 0.3) is 0 Å². The molecule has 66 valence electrons. The number of hydrogen-bond acceptors (Lipinski definition) is 2. The van der Waals surface area contributed by atoms with Crippen LogP contribution in [0.15, 0.2) is 22.8 Å². The van der Waals surface area contributed by atoms with E-state index in [1.165, 1.54) is 0 Å². The van der Waals surface area contributed by atoms with Crippen LogP contribution in [0.2, 0.25) is 0 Å². The number of rotatable bonds is 1. The molecule has 0 heterocycles. The van der Waals surface area contributed by atoms with Crippen LogP contribution in [0.1, 0.15) is 27.7 Å². The Balaban J connectivity index is 3.23. The van der Waals surface area contributed by atoms with Crippen LogP contribution in [0, 0.1) is 0 Å². The van der Waals surface area contributed by atoms with Gasteiger partial charge in [0.1, 0.15) is 0 Å². The van der Waals surface area contributed by atoms with Gasteiger partial charge in [-0.05, 0) is 50.5 Å². The lowest BCUT2D eigenvalue weighted by atomic mass is 10.0. The Bertz CT molecular complexity index is 302. The van der Waals surface area contributed by atoms with Gasteiger partial charge in [0.15, 0.2) is 5.16 Å². The second kappa shape index (κ2) is 2.79. The first-order valence-electron chi connectivity index (χ1n) is 3.92. The van der Waals surface area contributed by atoms with Gasteiger partial charge in [0.2, 0.25) is 0 Å². The Morgan fingerprint density at radius 1 is 1.42 bits per heavy atom. The van der Waals surface area contributed by atoms with Gasteiger partial charge < -0.3 is 4.89 Å². The molecule has 0 aliphatic heterocycles. The zero-order valence-corrected chi connectivity index (χ0v) is 8.74. The molecule has 0 spiro atoms. The summed E-state index contributed by atoms with van der Waals surface area (Å²) in [6, 6.07) is 0. The molecule has 0 amide bonds. The molecule has 0 fully saturated rings. The second-order valence-corrected chi connectivity index (χ2v) is 4.93. The zero-order valence-electron chi connectivity index (χ0n) is 7.84. The van der Waals surface area contributed by atoms with Gasteiger partial charge in [-0.2, -0.15) is 0 Å². The molecular weight excluding hydrogens is 171 g/mol. The molecule has 0 saturated heterocycles. The van der Waals surface area contributed by atoms with Crippen molar-refractivity contribution in [2.75, 3.05) is 0 Å². The lowest BCUT2D eigenvalue weighted by molar-refractivity contribution is -0.167. The van der Waals surface area contributed by atoms with E-state index in [0.29, 0.717) is 0 Å². The van der Waals surface area contributed by atoms with Gasteiger partial charge >= 0.3 is 8.03 Å². The maximum absolute atomic E-state index is 11.0. The summed E-state index contributed by atoms with van der Waals surface area (Å²) in [5.41, 5.74) is 3.14. The molecule has 0 saturated carbocycles. The SMILES string of the molecule is CC1=CC(C)([P+](=O)[O-])C(C)=C1C. The van der Waals surface area contributed by atoms with Crippen molar-refractivity contribution in [3.05, 3.63) is 22.8 Å². The average molecular weight is 184 g/mol. The van der Waals surface area contributed by atoms with Gasteiger partial charge in [-0.1, -0.05) is 4.57 Å². The van der Waals surface area contributed by atoms with E-state index < -0.39 is 13.2 Å². The molecular formula is C9H13O2P. The number of hydrogen-bond donors (Lipinski definition) is 0. The van der Waals surface area contributed by atoms with Crippen molar-refractivity contribution in [2.45, 2.75) is 32.9 Å². The minimum absolute atomic E-state index is 0.733. The highest BCUT2D eigenvalue weighted by molar-refractivity contribution is 7.39. The Labute approximate surface area is 73.9 Å². The van der Waals surface area contributed by atoms with Gasteiger partial charge in [-0.3, -0.25) is 0 Å². The summed E-state index contributed by atoms with van der Waals surface area (Å²) in [6.45, 7) is 7.54. The standard InChI is InChI=1S/C9H13O2P/c1-6-5-9(4,12(10)11)8(3)7(6)2/h5H,1-4H3. The third kappa shape index (κ3) is 1.16. The predicted molar refractivity (Wildman–Crippen MR) is 48.1 cm³/mol. The monoisotopic (exact) mass is 184 g/mol. The van der Waals surface area contributed by atoms with E-state index in [1.54, 1.807) is 6.92 Å². The van der Waals surface area contributed by atoms with Crippen LogP contribution in [0.4, 0.5) is 0 Å². The van der Waals surface area contributed by atoms with E-state index >= 15 is 0 Å². The number of allylic oxidation sites excluding steroid dienone is 4. The smallest absolute Gasteiger partial charge is 0.323 e. The highest BCUT2D eigenvalue weighted by Crippen LogP contribution is 2.46. The summed E-state index contributed by atoms with van der Waals surface area (Å²) in [4.78, 5) is 11.0. The molecule has 0 aromatic heterocycles. The summed E-state index contributed by atoms with van der Waals surface area (Å²) >= 11 is 0. The zero-order chi connectivity index (χ0) is 9.52. The predicted octanol–water partition coefficient (Wildman–Crippen LogP) is 2.14. The summed E-state index contributed by atoms with van der Waals surface area (Å²) < 4.78 is 11.0. The summed E-state index contributed by atoms with van der Waals surface area (Å²) in [6.07, 6.45) is 1.82. The normalized spacial score (nSPS) is 30.8. The molecule has 0 N–H and O–H groups in total. The Morgan fingerprint density at radius 2 is 1.92 bits per heavy atom. The molecule has 2 nitrogen and oxygen atoms in total. The van der Waals surface area contributed by atoms with E-state index in [4.69, 9.17) is 0 Å². The molecule has 0 aromatic rings. The summed E-state index contributed by atoms with van der Waals surface area (Å²) in [5, 5.41) is -0.733. The molecule has 2 unspecified atom stereocenters. The molecule has 1 rings (SSSR count). The van der Waals surface area contributed by atoms with Crippen LogP contribution in [0.3, 0.4) is 0 Å². The van der Waals surface area contributed by atoms with E-state index in [-0.39, 0.29) is 0 Å². The molecule has 0 radical (unpaired) electrons. The molecule has 2 atom stereocenters. The van der Waals surface area contributed by atoms with Crippen molar-refractivity contribution in [2.24, 2.45) is 0 Å². The van der Waals surface area contributed by atoms with Crippen molar-refractivity contribution >= 4 is 8.03 Å². The van der Waals surface area contributed by atoms with Gasteiger partial charge in [-0.25, -0.2) is 0 Å². The van der Waals surface area contributed by atoms with Crippen molar-refractivity contribution in [1.29, 1.82) is 0 Å². The molecule has 1 aliphatic carbocycles. The molecule has 0 aromatic carbocycles. The fraction of sp³-hybridized carbons (Fsp3) is 0.556. The average Bonchev–Trinajstić information content (AvgIpc) is 2.17. The minimum Gasteiger partial charge on any atom is -0.595 e. The van der Waals surface area contributed by atoms with Gasteiger partial charge in [-0.15, -0.1) is 0 Å². The van der Waals surface area contributed by atoms with Crippen molar-refractivity contribution in [3.8, 4) is 0 Å². The lowest BCUT2D eigenvalue weighted by Crippen LogP contribution is -2.20. The van der Waals surface area contributed by atoms with E-state index in [2.05, 4.69) is 0 Å². The maximum atomic E-state index is 11.0. The summed E-state index contributed by atoms with van der Waals surface area (Å²) in [7, 11) is -2.41. The maximum Gasteiger partial charge on any atom is 0.323 e. The van der Waals surface area contributed by atoms with Crippen molar-refractivity contribution in [3.63, 3.8) is 0 Å². The van der Waals surface area contributed by atoms with Crippen LogP contribution >= 0.6 is 8.03 Å². The van der Waals surface area contributed by atoms with Crippen LogP contribution in [-0.4, -0.2) is 5.16 Å². The second-order valence-electron chi connectivity index (χ2n) is 3.48. The highest BCUT2D eigenvalue weighted by Gasteiger charge is 2.42. The Hall–Kier alpha value is -0.460. The van der Waals surface area contributed by atoms with E-state index in [9.17, 15) is 9.46 Å². The first-order chi connectivity index (χ1) is 5.39. The Morgan fingerprint density at radius 3 is 2.08 bits per heavy atom. The third-order valence-corrected chi connectivity index (χ3v) is 4.01. The fourth-order valence-electron chi connectivity index (χ4n) is 1.50. The topological polar surface area (TPSA) is 40.1 Å². The van der Waals surface area contributed by atoms with E-state index in [1.807, 2.05) is 26.8 Å². The molecule has 12 heavy (non-hydrogen) atoms. The highest BCUT2D eigenvalue weighted by atomic mass is 31.1. The Kier molecular flexibility index (Phi) is 2.24. The fourth-order valence-corrected chi connectivity index (χ4v) is 2.24. The van der Waals surface area contributed by atoms with Crippen LogP contribution in [0.5, 0.6) is 0 Å². The van der Waals surface area contributed by atoms with Gasteiger partial charge in [0.05, 0.1) is 0 Å². The van der Waals surface area contributed by atoms with Crippen LogP contribution < -0.4 is 4.89 Å². The van der Waals surface area contributed by atoms with Gasteiger partial charge in [0.25, 0.3) is 0 Å². The van der Waals surface area contributed by atoms with Gasteiger partial charge in [0, 0.05) is 0 Å². The summed E-state index contributed by atoms with van der Waals surface area (Å²) in [5.74, 6) is 0. The lowest BCUT2D eigenvalue weighted by Gasteiger charge is -2.13. The van der Waals surface area contributed by atoms with Crippen LogP contribution in [-0.2, 0) is 4.57 Å². The largest absolute Gasteiger partial charge is 0.595 e. The molecule has 0 bridgehead atoms. The molecule has 3 heteroatoms. The van der Waals surface area contributed by atoms with Crippen molar-refractivity contribution < 1.29 is 9.46 Å². The molecule has 1 aliphatic rings. The van der Waals surface area contributed by atoms with Crippen molar-refractivity contribution in [1.82, 2.24) is 0 Å².